The molecule has 2 aromatic heterocycles. The fourth-order valence-corrected chi connectivity index (χ4v) is 2.01. The highest BCUT2D eigenvalue weighted by Gasteiger charge is 2.30. The molecular formula is C12H15N3O. The van der Waals surface area contributed by atoms with Crippen LogP contribution in [-0.4, -0.2) is 9.78 Å². The Balaban J connectivity index is 1.95. The van der Waals surface area contributed by atoms with E-state index in [2.05, 4.69) is 12.0 Å². The number of nitrogen functional groups attached to an aromatic ring is 1. The molecule has 1 aliphatic rings. The first-order valence-corrected chi connectivity index (χ1v) is 5.64. The molecule has 2 heterocycles. The van der Waals surface area contributed by atoms with Crippen LogP contribution in [0.2, 0.25) is 0 Å². The zero-order valence-corrected chi connectivity index (χ0v) is 9.26. The molecule has 4 heteroatoms. The monoisotopic (exact) mass is 217 g/mol. The number of furan rings is 1. The van der Waals surface area contributed by atoms with E-state index in [4.69, 9.17) is 10.2 Å². The Labute approximate surface area is 94.0 Å². The van der Waals surface area contributed by atoms with E-state index < -0.39 is 0 Å². The van der Waals surface area contributed by atoms with Crippen LogP contribution in [-0.2, 0) is 0 Å². The maximum Gasteiger partial charge on any atom is 0.156 e. The molecule has 1 atom stereocenters. The second kappa shape index (κ2) is 3.40. The van der Waals surface area contributed by atoms with Gasteiger partial charge in [-0.1, -0.05) is 0 Å². The standard InChI is InChI=1S/C12H15N3O/c1-8(9-4-5-9)15-7-10(13)12(14-15)11-3-2-6-16-11/h2-3,6-9H,4-5,13H2,1H3. The predicted molar refractivity (Wildman–Crippen MR) is 61.8 cm³/mol. The second-order valence-electron chi connectivity index (χ2n) is 4.47. The van der Waals surface area contributed by atoms with Crippen molar-refractivity contribution >= 4 is 5.69 Å². The van der Waals surface area contributed by atoms with Crippen LogP contribution in [0.1, 0.15) is 25.8 Å². The Morgan fingerprint density at radius 2 is 2.38 bits per heavy atom. The first-order chi connectivity index (χ1) is 7.75. The molecule has 1 fully saturated rings. The molecule has 84 valence electrons. The minimum Gasteiger partial charge on any atom is -0.463 e. The van der Waals surface area contributed by atoms with Gasteiger partial charge in [0.15, 0.2) is 11.5 Å². The summed E-state index contributed by atoms with van der Waals surface area (Å²) >= 11 is 0. The summed E-state index contributed by atoms with van der Waals surface area (Å²) in [5, 5.41) is 4.51. The van der Waals surface area contributed by atoms with E-state index in [1.165, 1.54) is 12.8 Å². The Hall–Kier alpha value is -1.71. The van der Waals surface area contributed by atoms with Crippen LogP contribution < -0.4 is 5.73 Å². The number of nitrogens with zero attached hydrogens (tertiary/aromatic N) is 2. The summed E-state index contributed by atoms with van der Waals surface area (Å²) in [6.07, 6.45) is 6.15. The van der Waals surface area contributed by atoms with Gasteiger partial charge in [0.25, 0.3) is 0 Å². The van der Waals surface area contributed by atoms with Crippen molar-refractivity contribution in [2.75, 3.05) is 5.73 Å². The fraction of sp³-hybridized carbons (Fsp3) is 0.417. The van der Waals surface area contributed by atoms with Gasteiger partial charge in [0, 0.05) is 6.20 Å². The molecule has 2 aromatic rings. The van der Waals surface area contributed by atoms with Crippen molar-refractivity contribution in [2.24, 2.45) is 5.92 Å². The normalized spacial score (nSPS) is 17.6. The number of rotatable bonds is 3. The molecule has 0 aliphatic heterocycles. The third-order valence-electron chi connectivity index (χ3n) is 3.24. The highest BCUT2D eigenvalue weighted by Crippen LogP contribution is 2.40. The summed E-state index contributed by atoms with van der Waals surface area (Å²) in [6.45, 7) is 2.19. The van der Waals surface area contributed by atoms with Gasteiger partial charge in [0.1, 0.15) is 0 Å². The molecule has 0 amide bonds. The lowest BCUT2D eigenvalue weighted by atomic mass is 10.2. The summed E-state index contributed by atoms with van der Waals surface area (Å²) in [6, 6.07) is 4.16. The number of hydrogen-bond acceptors (Lipinski definition) is 3. The van der Waals surface area contributed by atoms with E-state index in [1.54, 1.807) is 6.26 Å². The highest BCUT2D eigenvalue weighted by atomic mass is 16.3. The van der Waals surface area contributed by atoms with Gasteiger partial charge in [0.05, 0.1) is 18.0 Å². The largest absolute Gasteiger partial charge is 0.463 e. The Bertz CT molecular complexity index is 482. The fourth-order valence-electron chi connectivity index (χ4n) is 2.01. The van der Waals surface area contributed by atoms with Crippen molar-refractivity contribution in [2.45, 2.75) is 25.8 Å². The Morgan fingerprint density at radius 3 is 3.00 bits per heavy atom. The number of hydrogen-bond donors (Lipinski definition) is 1. The van der Waals surface area contributed by atoms with Crippen LogP contribution >= 0.6 is 0 Å². The van der Waals surface area contributed by atoms with Gasteiger partial charge in [-0.2, -0.15) is 5.10 Å². The average Bonchev–Trinajstić information content (AvgIpc) is 2.84. The number of nitrogens with two attached hydrogens (primary N) is 1. The van der Waals surface area contributed by atoms with E-state index in [1.807, 2.05) is 23.0 Å². The van der Waals surface area contributed by atoms with E-state index in [-0.39, 0.29) is 0 Å². The van der Waals surface area contributed by atoms with Crippen molar-refractivity contribution in [1.82, 2.24) is 9.78 Å². The maximum atomic E-state index is 5.95. The number of anilines is 1. The lowest BCUT2D eigenvalue weighted by molar-refractivity contribution is 0.440. The Kier molecular flexibility index (Phi) is 2.02. The van der Waals surface area contributed by atoms with Crippen LogP contribution in [0.4, 0.5) is 5.69 Å². The van der Waals surface area contributed by atoms with E-state index in [0.29, 0.717) is 11.7 Å². The van der Waals surface area contributed by atoms with Crippen LogP contribution in [0.15, 0.2) is 29.0 Å². The van der Waals surface area contributed by atoms with E-state index in [0.717, 1.165) is 17.4 Å². The van der Waals surface area contributed by atoms with Crippen LogP contribution in [0, 0.1) is 5.92 Å². The SMILES string of the molecule is CC(C1CC1)n1cc(N)c(-c2ccco2)n1. The molecule has 0 spiro atoms. The molecule has 0 bridgehead atoms. The number of aromatic nitrogens is 2. The molecule has 0 radical (unpaired) electrons. The topological polar surface area (TPSA) is 57.0 Å². The van der Waals surface area contributed by atoms with Crippen molar-refractivity contribution in [1.29, 1.82) is 0 Å². The minimum absolute atomic E-state index is 0.436. The Morgan fingerprint density at radius 1 is 1.56 bits per heavy atom. The summed E-state index contributed by atoms with van der Waals surface area (Å²) in [4.78, 5) is 0. The van der Waals surface area contributed by atoms with Gasteiger partial charge < -0.3 is 10.2 Å². The zero-order valence-electron chi connectivity index (χ0n) is 9.26. The van der Waals surface area contributed by atoms with Gasteiger partial charge in [-0.3, -0.25) is 4.68 Å². The first kappa shape index (κ1) is 9.51. The molecule has 4 nitrogen and oxygen atoms in total. The van der Waals surface area contributed by atoms with Crippen molar-refractivity contribution in [3.63, 3.8) is 0 Å². The molecular weight excluding hydrogens is 202 g/mol. The van der Waals surface area contributed by atoms with Gasteiger partial charge >= 0.3 is 0 Å². The van der Waals surface area contributed by atoms with Gasteiger partial charge in [0.2, 0.25) is 0 Å². The van der Waals surface area contributed by atoms with E-state index in [9.17, 15) is 0 Å². The third kappa shape index (κ3) is 1.50. The molecule has 2 N–H and O–H groups in total. The summed E-state index contributed by atoms with van der Waals surface area (Å²) in [5.41, 5.74) is 7.38. The zero-order chi connectivity index (χ0) is 11.1. The molecule has 1 saturated carbocycles. The quantitative estimate of drug-likeness (QED) is 0.859. The summed E-state index contributed by atoms with van der Waals surface area (Å²) in [5.74, 6) is 1.50. The smallest absolute Gasteiger partial charge is 0.156 e. The second-order valence-corrected chi connectivity index (χ2v) is 4.47. The lowest BCUT2D eigenvalue weighted by Gasteiger charge is -2.09. The van der Waals surface area contributed by atoms with Crippen LogP contribution in [0.25, 0.3) is 11.5 Å². The first-order valence-electron chi connectivity index (χ1n) is 5.64. The molecule has 0 saturated heterocycles. The van der Waals surface area contributed by atoms with Crippen LogP contribution in [0.5, 0.6) is 0 Å². The molecule has 1 unspecified atom stereocenters. The van der Waals surface area contributed by atoms with Gasteiger partial charge in [-0.25, -0.2) is 0 Å². The lowest BCUT2D eigenvalue weighted by Crippen LogP contribution is -2.07. The third-order valence-corrected chi connectivity index (χ3v) is 3.24. The molecule has 16 heavy (non-hydrogen) atoms. The molecule has 3 rings (SSSR count). The van der Waals surface area contributed by atoms with Gasteiger partial charge in [-0.05, 0) is 37.8 Å². The van der Waals surface area contributed by atoms with Crippen molar-refractivity contribution in [3.8, 4) is 11.5 Å². The molecule has 1 aliphatic carbocycles. The highest BCUT2D eigenvalue weighted by molar-refractivity contribution is 5.67. The summed E-state index contributed by atoms with van der Waals surface area (Å²) in [7, 11) is 0. The summed E-state index contributed by atoms with van der Waals surface area (Å²) < 4.78 is 7.28. The van der Waals surface area contributed by atoms with Crippen molar-refractivity contribution < 1.29 is 4.42 Å². The van der Waals surface area contributed by atoms with Crippen LogP contribution in [0.3, 0.4) is 0 Å². The van der Waals surface area contributed by atoms with Gasteiger partial charge in [-0.15, -0.1) is 0 Å². The maximum absolute atomic E-state index is 5.95. The minimum atomic E-state index is 0.436. The van der Waals surface area contributed by atoms with Crippen molar-refractivity contribution in [3.05, 3.63) is 24.6 Å². The van der Waals surface area contributed by atoms with E-state index >= 15 is 0 Å². The average molecular weight is 217 g/mol. The molecule has 0 aromatic carbocycles. The predicted octanol–water partition coefficient (Wildman–Crippen LogP) is 2.70.